The number of phosphoric ester groups is 1. The quantitative estimate of drug-likeness (QED) is 0.0176. The van der Waals surface area contributed by atoms with Crippen molar-refractivity contribution in [2.45, 2.75) is 193 Å². The Morgan fingerprint density at radius 3 is 1.97 bits per heavy atom. The van der Waals surface area contributed by atoms with Crippen molar-refractivity contribution in [1.82, 2.24) is 0 Å². The highest BCUT2D eigenvalue weighted by atomic mass is 31.2. The highest BCUT2D eigenvalue weighted by Crippen LogP contribution is 2.43. The lowest BCUT2D eigenvalue weighted by Gasteiger charge is -2.24. The first-order valence-electron chi connectivity index (χ1n) is 24.5. The van der Waals surface area contributed by atoms with Crippen LogP contribution in [0.4, 0.5) is 0 Å². The van der Waals surface area contributed by atoms with Crippen molar-refractivity contribution in [3.05, 3.63) is 48.6 Å². The Kier molecular flexibility index (Phi) is 34.2. The average molecular weight is 911 g/mol. The molecule has 0 aromatic carbocycles. The normalized spacial score (nSPS) is 19.2. The summed E-state index contributed by atoms with van der Waals surface area (Å²) in [6, 6.07) is 0. The second kappa shape index (κ2) is 36.7. The topological polar surface area (TPSA) is 166 Å². The number of rotatable bonds is 40. The summed E-state index contributed by atoms with van der Waals surface area (Å²) in [5.74, 6) is -1.76. The van der Waals surface area contributed by atoms with Crippen LogP contribution in [0.25, 0.3) is 0 Å². The number of hydrogen-bond donors (Lipinski definition) is 3. The molecule has 1 fully saturated rings. The molecular weight excluding hydrogens is 822 g/mol. The van der Waals surface area contributed by atoms with E-state index in [1.54, 1.807) is 12.2 Å². The van der Waals surface area contributed by atoms with E-state index in [1.807, 2.05) is 33.3 Å². The molecule has 13 heteroatoms. The van der Waals surface area contributed by atoms with E-state index in [0.29, 0.717) is 43.1 Å². The Hall–Kier alpha value is -2.44. The van der Waals surface area contributed by atoms with E-state index in [-0.39, 0.29) is 44.2 Å². The zero-order valence-electron chi connectivity index (χ0n) is 40.0. The number of carbonyl (C=O) groups is 3. The number of unbranched alkanes of at least 4 members (excludes halogenated alkanes) is 15. The second-order valence-corrected chi connectivity index (χ2v) is 19.7. The first-order valence-corrected chi connectivity index (χ1v) is 26.0. The van der Waals surface area contributed by atoms with Gasteiger partial charge in [-0.3, -0.25) is 23.4 Å². The average Bonchev–Trinajstić information content (AvgIpc) is 3.50. The minimum Gasteiger partial charge on any atom is -0.462 e. The molecule has 0 aromatic rings. The monoisotopic (exact) mass is 911 g/mol. The van der Waals surface area contributed by atoms with Gasteiger partial charge in [0.1, 0.15) is 25.5 Å². The van der Waals surface area contributed by atoms with Crippen molar-refractivity contribution < 1.29 is 57.1 Å². The molecule has 364 valence electrons. The third-order valence-electron chi connectivity index (χ3n) is 11.2. The Bertz CT molecular complexity index is 1370. The fraction of sp³-hybridized carbons (Fsp3) is 0.780. The number of likely N-dealkylation sites (N-methyl/N-ethyl adjacent to an activating group) is 1. The number of carbonyl (C=O) groups excluding carboxylic acids is 3. The van der Waals surface area contributed by atoms with Crippen LogP contribution in [0.1, 0.15) is 174 Å². The first-order chi connectivity index (χ1) is 30.2. The van der Waals surface area contributed by atoms with Crippen molar-refractivity contribution in [2.24, 2.45) is 11.8 Å². The molecule has 0 radical (unpaired) electrons. The van der Waals surface area contributed by atoms with E-state index in [0.717, 1.165) is 51.4 Å². The van der Waals surface area contributed by atoms with Crippen molar-refractivity contribution >= 4 is 25.5 Å². The molecule has 1 aliphatic carbocycles. The van der Waals surface area contributed by atoms with E-state index >= 15 is 0 Å². The summed E-state index contributed by atoms with van der Waals surface area (Å²) in [6.07, 6.45) is 36.6. The van der Waals surface area contributed by atoms with E-state index in [4.69, 9.17) is 18.5 Å². The van der Waals surface area contributed by atoms with E-state index in [9.17, 15) is 34.1 Å². The van der Waals surface area contributed by atoms with Crippen molar-refractivity contribution in [1.29, 1.82) is 0 Å². The maximum Gasteiger partial charge on any atom is 0.472 e. The van der Waals surface area contributed by atoms with Gasteiger partial charge in [0.25, 0.3) is 0 Å². The smallest absolute Gasteiger partial charge is 0.462 e. The maximum atomic E-state index is 12.8. The van der Waals surface area contributed by atoms with Crippen molar-refractivity contribution in [3.63, 3.8) is 0 Å². The lowest BCUT2D eigenvalue weighted by molar-refractivity contribution is -0.870. The van der Waals surface area contributed by atoms with Crippen LogP contribution in [0.2, 0.25) is 0 Å². The van der Waals surface area contributed by atoms with Gasteiger partial charge in [-0.05, 0) is 64.2 Å². The summed E-state index contributed by atoms with van der Waals surface area (Å²) < 4.78 is 34.3. The molecule has 0 bridgehead atoms. The van der Waals surface area contributed by atoms with Crippen molar-refractivity contribution in [3.8, 4) is 0 Å². The number of phosphoric acid groups is 1. The fourth-order valence-electron chi connectivity index (χ4n) is 7.26. The van der Waals surface area contributed by atoms with Crippen LogP contribution < -0.4 is 0 Å². The summed E-state index contributed by atoms with van der Waals surface area (Å²) in [7, 11) is 1.31. The fourth-order valence-corrected chi connectivity index (χ4v) is 8.00. The van der Waals surface area contributed by atoms with E-state index in [1.165, 1.54) is 57.8 Å². The number of allylic oxidation sites excluding steroid dienone is 7. The molecule has 3 N–H and O–H groups in total. The minimum atomic E-state index is -4.46. The summed E-state index contributed by atoms with van der Waals surface area (Å²) in [4.78, 5) is 48.2. The summed E-state index contributed by atoms with van der Waals surface area (Å²) >= 11 is 0. The molecule has 1 unspecified atom stereocenters. The van der Waals surface area contributed by atoms with Crippen LogP contribution in [0.3, 0.4) is 0 Å². The van der Waals surface area contributed by atoms with Gasteiger partial charge in [0, 0.05) is 31.1 Å². The number of aliphatic hydroxyl groups excluding tert-OH is 2. The number of hydrogen-bond acceptors (Lipinski definition) is 10. The molecule has 63 heavy (non-hydrogen) atoms. The maximum absolute atomic E-state index is 12.8. The molecule has 0 saturated heterocycles. The van der Waals surface area contributed by atoms with Crippen LogP contribution >= 0.6 is 7.82 Å². The van der Waals surface area contributed by atoms with Crippen molar-refractivity contribution in [2.75, 3.05) is 47.5 Å². The van der Waals surface area contributed by atoms with Gasteiger partial charge in [0.05, 0.1) is 40.0 Å². The van der Waals surface area contributed by atoms with Gasteiger partial charge in [0.2, 0.25) is 0 Å². The summed E-state index contributed by atoms with van der Waals surface area (Å²) in [6.45, 7) is 3.98. The number of ketones is 1. The number of ether oxygens (including phenoxy) is 2. The van der Waals surface area contributed by atoms with Crippen LogP contribution in [0.15, 0.2) is 48.6 Å². The van der Waals surface area contributed by atoms with Gasteiger partial charge in [-0.2, -0.15) is 0 Å². The molecule has 12 nitrogen and oxygen atoms in total. The van der Waals surface area contributed by atoms with Crippen LogP contribution in [-0.2, 0) is 37.5 Å². The molecule has 1 rings (SSSR count). The number of aliphatic hydroxyl groups is 2. The highest BCUT2D eigenvalue weighted by Gasteiger charge is 2.39. The number of esters is 2. The summed E-state index contributed by atoms with van der Waals surface area (Å²) in [5.41, 5.74) is 0. The van der Waals surface area contributed by atoms with Gasteiger partial charge in [-0.1, -0.05) is 140 Å². The van der Waals surface area contributed by atoms with Gasteiger partial charge >= 0.3 is 19.8 Å². The first kappa shape index (κ1) is 58.6. The van der Waals surface area contributed by atoms with Crippen LogP contribution in [-0.4, -0.2) is 103 Å². The Morgan fingerprint density at radius 2 is 1.32 bits per heavy atom. The second-order valence-electron chi connectivity index (χ2n) is 18.3. The predicted octanol–water partition coefficient (Wildman–Crippen LogP) is 10.8. The molecule has 0 amide bonds. The Labute approximate surface area is 382 Å². The standard InChI is InChI=1S/C50H88NO11P/c1-6-8-10-11-12-13-14-15-16-17-18-19-20-21-22-23-24-25-30-34-49(55)59-41-44(42-61-63(57,58)60-39-38-51(3,4)5)62-50(56)35-31-27-26-29-33-45-46(48(54)40-47(45)53)37-36-43(52)32-28-9-7-2/h12-13,15-16,26,29,36-37,43-47,52-53H,6-11,14,17-25,27-28,30-35,38-42H2,1-5H3/p+1/b13-12-,16-15-,29-26-,37-36+/t43-,44+,45+,46+,47-/m0/s1. The van der Waals surface area contributed by atoms with E-state index in [2.05, 4.69) is 38.2 Å². The Morgan fingerprint density at radius 1 is 0.746 bits per heavy atom. The van der Waals surface area contributed by atoms with Gasteiger partial charge in [-0.25, -0.2) is 4.57 Å². The molecule has 0 spiro atoms. The summed E-state index contributed by atoms with van der Waals surface area (Å²) in [5, 5.41) is 20.8. The van der Waals surface area contributed by atoms with Gasteiger partial charge in [0.15, 0.2) is 6.10 Å². The number of Topliss-reactive ketones (excluding diaryl/α,β-unsaturated/α-hetero) is 1. The SMILES string of the molecule is CCCCC/C=C\C/C=C\CCCCCCCCCCCC(=O)OC[C@H](COP(=O)(O)OCC[N+](C)(C)C)OC(=O)CCC/C=C\C[C@H]1[C@@H](O)CC(=O)[C@@H]1/C=C/[C@@H](O)CCCCC. The van der Waals surface area contributed by atoms with Gasteiger partial charge < -0.3 is 29.1 Å². The highest BCUT2D eigenvalue weighted by molar-refractivity contribution is 7.47. The number of quaternary nitrogens is 1. The minimum absolute atomic E-state index is 0.0184. The third kappa shape index (κ3) is 33.7. The van der Waals surface area contributed by atoms with Gasteiger partial charge in [-0.15, -0.1) is 0 Å². The molecule has 0 aromatic heterocycles. The zero-order chi connectivity index (χ0) is 46.6. The number of nitrogens with zero attached hydrogens (tertiary/aromatic N) is 1. The predicted molar refractivity (Wildman–Crippen MR) is 253 cm³/mol. The lowest BCUT2D eigenvalue weighted by Crippen LogP contribution is -2.37. The van der Waals surface area contributed by atoms with E-state index < -0.39 is 50.6 Å². The lowest BCUT2D eigenvalue weighted by atomic mass is 9.90. The molecule has 0 aliphatic heterocycles. The molecule has 1 aliphatic rings. The van der Waals surface area contributed by atoms with Crippen LogP contribution in [0.5, 0.6) is 0 Å². The Balaban J connectivity index is 2.45. The molecule has 1 saturated carbocycles. The molecular formula is C50H89NO11P+. The van der Waals surface area contributed by atoms with Crippen LogP contribution in [0, 0.1) is 11.8 Å². The molecule has 0 heterocycles. The largest absolute Gasteiger partial charge is 0.472 e. The third-order valence-corrected chi connectivity index (χ3v) is 12.2. The molecule has 6 atom stereocenters. The zero-order valence-corrected chi connectivity index (χ0v) is 40.9.